The van der Waals surface area contributed by atoms with Gasteiger partial charge >= 0.3 is 8.80 Å². The van der Waals surface area contributed by atoms with Crippen molar-refractivity contribution in [1.29, 1.82) is 0 Å². The second-order valence-electron chi connectivity index (χ2n) is 8.34. The monoisotopic (exact) mass is 431 g/mol. The number of nitrogens with zero attached hydrogens (tertiary/aromatic N) is 3. The average molecular weight is 432 g/mol. The highest BCUT2D eigenvalue weighted by atomic mass is 28.4. The van der Waals surface area contributed by atoms with Crippen LogP contribution in [0.5, 0.6) is 0 Å². The lowest BCUT2D eigenvalue weighted by Gasteiger charge is -2.36. The molecule has 0 aromatic heterocycles. The van der Waals surface area contributed by atoms with E-state index in [4.69, 9.17) is 13.3 Å². The third-order valence-corrected chi connectivity index (χ3v) is 9.08. The zero-order valence-corrected chi connectivity index (χ0v) is 21.1. The van der Waals surface area contributed by atoms with E-state index in [0.29, 0.717) is 0 Å². The SMILES string of the molecule is CCCCCN(CCCCC)CCN1CCN(CCC[Si](OC)(OC)OC)CC1. The van der Waals surface area contributed by atoms with E-state index in [-0.39, 0.29) is 0 Å². The number of rotatable bonds is 18. The van der Waals surface area contributed by atoms with Crippen molar-refractivity contribution in [3.63, 3.8) is 0 Å². The summed E-state index contributed by atoms with van der Waals surface area (Å²) in [6.07, 6.45) is 9.13. The molecule has 0 saturated carbocycles. The Bertz CT molecular complexity index is 360. The van der Waals surface area contributed by atoms with Crippen LogP contribution >= 0.6 is 0 Å². The highest BCUT2D eigenvalue weighted by Gasteiger charge is 2.37. The van der Waals surface area contributed by atoms with E-state index >= 15 is 0 Å². The van der Waals surface area contributed by atoms with Crippen molar-refractivity contribution in [2.24, 2.45) is 0 Å². The first-order valence-corrected chi connectivity index (χ1v) is 13.9. The molecule has 0 aromatic rings. The van der Waals surface area contributed by atoms with Gasteiger partial charge in [0.25, 0.3) is 0 Å². The van der Waals surface area contributed by atoms with Crippen molar-refractivity contribution in [3.05, 3.63) is 0 Å². The normalized spacial score (nSPS) is 16.8. The molecule has 1 heterocycles. The lowest BCUT2D eigenvalue weighted by atomic mass is 10.2. The van der Waals surface area contributed by atoms with Crippen LogP contribution < -0.4 is 0 Å². The summed E-state index contributed by atoms with van der Waals surface area (Å²) in [5.74, 6) is 0. The summed E-state index contributed by atoms with van der Waals surface area (Å²) in [6, 6.07) is 0.890. The zero-order chi connectivity index (χ0) is 21.4. The van der Waals surface area contributed by atoms with Crippen LogP contribution in [0.3, 0.4) is 0 Å². The van der Waals surface area contributed by atoms with Gasteiger partial charge in [0.2, 0.25) is 0 Å². The maximum atomic E-state index is 5.53. The maximum absolute atomic E-state index is 5.53. The van der Waals surface area contributed by atoms with Crippen LogP contribution in [0.1, 0.15) is 58.8 Å². The predicted molar refractivity (Wildman–Crippen MR) is 125 cm³/mol. The minimum absolute atomic E-state index is 0.890. The molecule has 0 radical (unpaired) electrons. The predicted octanol–water partition coefficient (Wildman–Crippen LogP) is 3.55. The van der Waals surface area contributed by atoms with Gasteiger partial charge in [-0.2, -0.15) is 0 Å². The molecule has 0 amide bonds. The standard InChI is InChI=1S/C22H49N3O3Si/c1-6-8-10-13-23(14-11-9-7-2)16-19-25-20-17-24(18-21-25)15-12-22-29(26-3,27-4)28-5/h6-22H2,1-5H3. The number of unbranched alkanes of at least 4 members (excludes halogenated alkanes) is 4. The first-order valence-electron chi connectivity index (χ1n) is 12.0. The maximum Gasteiger partial charge on any atom is 0.500 e. The molecule has 1 saturated heterocycles. The zero-order valence-electron chi connectivity index (χ0n) is 20.1. The number of piperazine rings is 1. The third-order valence-electron chi connectivity index (χ3n) is 6.24. The molecule has 6 nitrogen and oxygen atoms in total. The molecule has 0 spiro atoms. The summed E-state index contributed by atoms with van der Waals surface area (Å²) in [7, 11) is 2.69. The average Bonchev–Trinajstić information content (AvgIpc) is 2.76. The van der Waals surface area contributed by atoms with Gasteiger partial charge in [-0.3, -0.25) is 4.90 Å². The van der Waals surface area contributed by atoms with Crippen molar-refractivity contribution in [2.45, 2.75) is 64.8 Å². The first-order chi connectivity index (χ1) is 14.1. The van der Waals surface area contributed by atoms with Crippen LogP contribution in [0.2, 0.25) is 6.04 Å². The van der Waals surface area contributed by atoms with Gasteiger partial charge < -0.3 is 23.1 Å². The van der Waals surface area contributed by atoms with Gasteiger partial charge in [0.05, 0.1) is 0 Å². The smallest absolute Gasteiger partial charge is 0.377 e. The van der Waals surface area contributed by atoms with E-state index in [9.17, 15) is 0 Å². The van der Waals surface area contributed by atoms with Crippen LogP contribution in [0.25, 0.3) is 0 Å². The Morgan fingerprint density at radius 1 is 0.655 bits per heavy atom. The Kier molecular flexibility index (Phi) is 15.5. The molecule has 174 valence electrons. The molecule has 0 atom stereocenters. The molecule has 7 heteroatoms. The molecule has 0 bridgehead atoms. The van der Waals surface area contributed by atoms with E-state index in [0.717, 1.165) is 19.0 Å². The van der Waals surface area contributed by atoms with Gasteiger partial charge in [0, 0.05) is 66.6 Å². The Morgan fingerprint density at radius 3 is 1.59 bits per heavy atom. The van der Waals surface area contributed by atoms with Gasteiger partial charge in [-0.25, -0.2) is 0 Å². The summed E-state index contributed by atoms with van der Waals surface area (Å²) >= 11 is 0. The van der Waals surface area contributed by atoms with Crippen LogP contribution in [-0.4, -0.2) is 104 Å². The van der Waals surface area contributed by atoms with Crippen LogP contribution in [0, 0.1) is 0 Å². The summed E-state index contributed by atoms with van der Waals surface area (Å²) in [5.41, 5.74) is 0. The first kappa shape index (κ1) is 27.0. The molecule has 0 aromatic carbocycles. The second kappa shape index (κ2) is 16.6. The fraction of sp³-hybridized carbons (Fsp3) is 1.00. The van der Waals surface area contributed by atoms with Crippen molar-refractivity contribution >= 4 is 8.80 Å². The fourth-order valence-corrected chi connectivity index (χ4v) is 5.80. The van der Waals surface area contributed by atoms with Gasteiger partial charge in [0.15, 0.2) is 0 Å². The lowest BCUT2D eigenvalue weighted by molar-refractivity contribution is 0.108. The van der Waals surface area contributed by atoms with Crippen molar-refractivity contribution in [3.8, 4) is 0 Å². The van der Waals surface area contributed by atoms with Gasteiger partial charge in [-0.05, 0) is 38.9 Å². The molecule has 0 aliphatic carbocycles. The minimum atomic E-state index is -2.41. The molecular weight excluding hydrogens is 382 g/mol. The van der Waals surface area contributed by atoms with Gasteiger partial charge in [-0.15, -0.1) is 0 Å². The lowest BCUT2D eigenvalue weighted by Crippen LogP contribution is -2.49. The van der Waals surface area contributed by atoms with E-state index in [1.807, 2.05) is 0 Å². The second-order valence-corrected chi connectivity index (χ2v) is 11.4. The largest absolute Gasteiger partial charge is 0.500 e. The molecule has 1 rings (SSSR count). The topological polar surface area (TPSA) is 37.4 Å². The van der Waals surface area contributed by atoms with E-state index < -0.39 is 8.80 Å². The Hall–Kier alpha value is -0.0231. The number of hydrogen-bond acceptors (Lipinski definition) is 6. The van der Waals surface area contributed by atoms with Crippen LogP contribution in [-0.2, 0) is 13.3 Å². The van der Waals surface area contributed by atoms with E-state index in [1.165, 1.54) is 90.9 Å². The van der Waals surface area contributed by atoms with Crippen molar-refractivity contribution in [1.82, 2.24) is 14.7 Å². The molecule has 1 aliphatic rings. The van der Waals surface area contributed by atoms with E-state index in [2.05, 4.69) is 28.5 Å². The molecular formula is C22H49N3O3Si. The van der Waals surface area contributed by atoms with Gasteiger partial charge in [-0.1, -0.05) is 39.5 Å². The fourth-order valence-electron chi connectivity index (χ4n) is 4.10. The molecule has 1 aliphatic heterocycles. The van der Waals surface area contributed by atoms with Gasteiger partial charge in [0.1, 0.15) is 0 Å². The Balaban J connectivity index is 2.25. The van der Waals surface area contributed by atoms with Crippen molar-refractivity contribution < 1.29 is 13.3 Å². The quantitative estimate of drug-likeness (QED) is 0.244. The highest BCUT2D eigenvalue weighted by Crippen LogP contribution is 2.16. The Labute approximate surface area is 182 Å². The number of hydrogen-bond donors (Lipinski definition) is 0. The molecule has 29 heavy (non-hydrogen) atoms. The van der Waals surface area contributed by atoms with Crippen molar-refractivity contribution in [2.75, 3.05) is 80.2 Å². The summed E-state index contributed by atoms with van der Waals surface area (Å²) in [5, 5.41) is 0. The molecule has 0 unspecified atom stereocenters. The van der Waals surface area contributed by atoms with Crippen LogP contribution in [0.4, 0.5) is 0 Å². The highest BCUT2D eigenvalue weighted by molar-refractivity contribution is 6.60. The molecule has 0 N–H and O–H groups in total. The van der Waals surface area contributed by atoms with Crippen LogP contribution in [0.15, 0.2) is 0 Å². The summed E-state index contributed by atoms with van der Waals surface area (Å²) in [6.45, 7) is 15.4. The Morgan fingerprint density at radius 2 is 1.14 bits per heavy atom. The van der Waals surface area contributed by atoms with E-state index in [1.54, 1.807) is 21.3 Å². The molecule has 1 fully saturated rings. The third kappa shape index (κ3) is 11.2. The summed E-state index contributed by atoms with van der Waals surface area (Å²) < 4.78 is 16.6. The minimum Gasteiger partial charge on any atom is -0.377 e. The summed E-state index contributed by atoms with van der Waals surface area (Å²) in [4.78, 5) is 7.95.